The van der Waals surface area contributed by atoms with E-state index in [-0.39, 0.29) is 11.9 Å². The molecule has 1 rings (SSSR count). The molecule has 7 heteroatoms. The number of nitrogens with one attached hydrogen (secondary N) is 1. The average molecular weight is 587 g/mol. The summed E-state index contributed by atoms with van der Waals surface area (Å²) in [5, 5.41) is 2.83. The van der Waals surface area contributed by atoms with E-state index in [1.807, 2.05) is 12.2 Å². The van der Waals surface area contributed by atoms with Crippen molar-refractivity contribution in [3.05, 3.63) is 19.3 Å². The van der Waals surface area contributed by atoms with Gasteiger partial charge in [0.15, 0.2) is 0 Å². The predicted molar refractivity (Wildman–Crippen MR) is 94.9 cm³/mol. The van der Waals surface area contributed by atoms with Crippen LogP contribution in [0.15, 0.2) is 19.3 Å². The molecule has 0 fully saturated rings. The minimum absolute atomic E-state index is 0.176. The molecule has 1 amide bonds. The fourth-order valence-corrected chi connectivity index (χ4v) is 6.63. The third-order valence-electron chi connectivity index (χ3n) is 2.21. The number of hydrogen-bond acceptors (Lipinski definition) is 3. The van der Waals surface area contributed by atoms with Crippen molar-refractivity contribution in [2.75, 3.05) is 6.61 Å². The molecule has 0 aromatic rings. The standard InChI is InChI=1S/C11H12I3NO3/c1-3-18-10(17)9-8(13)4-7(12)5-11(9,14)15-6(2)16/h4-5,9H,3H2,1-2H3,(H,15,16). The van der Waals surface area contributed by atoms with Crippen molar-refractivity contribution in [1.29, 1.82) is 0 Å². The van der Waals surface area contributed by atoms with Crippen molar-refractivity contribution in [3.8, 4) is 0 Å². The van der Waals surface area contributed by atoms with Gasteiger partial charge in [0, 0.05) is 14.1 Å². The maximum absolute atomic E-state index is 12.1. The van der Waals surface area contributed by atoms with Gasteiger partial charge in [0.05, 0.1) is 6.61 Å². The summed E-state index contributed by atoms with van der Waals surface area (Å²) < 4.78 is 6.17. The van der Waals surface area contributed by atoms with Crippen molar-refractivity contribution in [3.63, 3.8) is 0 Å². The highest BCUT2D eigenvalue weighted by Gasteiger charge is 2.45. The van der Waals surface area contributed by atoms with E-state index in [0.29, 0.717) is 6.61 Å². The topological polar surface area (TPSA) is 55.4 Å². The number of alkyl halides is 1. The Balaban J connectivity index is 3.13. The summed E-state index contributed by atoms with van der Waals surface area (Å²) in [6.07, 6.45) is 3.79. The van der Waals surface area contributed by atoms with Gasteiger partial charge in [-0.15, -0.1) is 0 Å². The van der Waals surface area contributed by atoms with Gasteiger partial charge in [-0.25, -0.2) is 0 Å². The van der Waals surface area contributed by atoms with Crippen molar-refractivity contribution in [2.24, 2.45) is 5.92 Å². The van der Waals surface area contributed by atoms with E-state index in [2.05, 4.69) is 73.1 Å². The molecule has 0 spiro atoms. The van der Waals surface area contributed by atoms with Gasteiger partial charge in [0.25, 0.3) is 0 Å². The first-order valence-electron chi connectivity index (χ1n) is 5.20. The van der Waals surface area contributed by atoms with Crippen LogP contribution in [0.3, 0.4) is 0 Å². The first kappa shape index (κ1) is 16.7. The number of carbonyl (C=O) groups is 2. The molecule has 1 aliphatic carbocycles. The Morgan fingerprint density at radius 1 is 1.50 bits per heavy atom. The van der Waals surface area contributed by atoms with E-state index in [1.54, 1.807) is 6.92 Å². The van der Waals surface area contributed by atoms with Gasteiger partial charge in [-0.05, 0) is 86.8 Å². The summed E-state index contributed by atoms with van der Waals surface area (Å²) in [6.45, 7) is 3.53. The van der Waals surface area contributed by atoms with Crippen molar-refractivity contribution >= 4 is 79.6 Å². The molecule has 1 aliphatic rings. The van der Waals surface area contributed by atoms with E-state index in [0.717, 1.165) is 7.16 Å². The van der Waals surface area contributed by atoms with Crippen LogP contribution in [0.5, 0.6) is 0 Å². The molecule has 0 saturated heterocycles. The number of esters is 1. The van der Waals surface area contributed by atoms with Crippen LogP contribution in [0, 0.1) is 5.92 Å². The number of hydrogen-bond donors (Lipinski definition) is 1. The Labute approximate surface area is 147 Å². The third-order valence-corrected chi connectivity index (χ3v) is 4.97. The van der Waals surface area contributed by atoms with Crippen LogP contribution in [-0.2, 0) is 14.3 Å². The Morgan fingerprint density at radius 3 is 2.61 bits per heavy atom. The summed E-state index contributed by atoms with van der Waals surface area (Å²) in [5.74, 6) is -0.993. The monoisotopic (exact) mass is 587 g/mol. The van der Waals surface area contributed by atoms with E-state index in [4.69, 9.17) is 4.74 Å². The van der Waals surface area contributed by atoms with Gasteiger partial charge in [-0.3, -0.25) is 9.59 Å². The summed E-state index contributed by atoms with van der Waals surface area (Å²) in [4.78, 5) is 23.4. The summed E-state index contributed by atoms with van der Waals surface area (Å²) in [5.41, 5.74) is 0. The molecular weight excluding hydrogens is 575 g/mol. The van der Waals surface area contributed by atoms with Crippen LogP contribution in [0.1, 0.15) is 13.8 Å². The zero-order valence-electron chi connectivity index (χ0n) is 9.80. The third kappa shape index (κ3) is 4.05. The van der Waals surface area contributed by atoms with Gasteiger partial charge in [0.1, 0.15) is 9.46 Å². The SMILES string of the molecule is CCOC(=O)C1C(I)=CC(I)=CC1(I)NC(C)=O. The molecule has 4 nitrogen and oxygen atoms in total. The molecule has 0 bridgehead atoms. The molecule has 0 aromatic carbocycles. The van der Waals surface area contributed by atoms with E-state index in [1.165, 1.54) is 6.92 Å². The second kappa shape index (κ2) is 6.86. The molecule has 0 saturated carbocycles. The highest BCUT2D eigenvalue weighted by atomic mass is 127. The van der Waals surface area contributed by atoms with E-state index < -0.39 is 9.46 Å². The van der Waals surface area contributed by atoms with Crippen LogP contribution in [0.4, 0.5) is 0 Å². The second-order valence-electron chi connectivity index (χ2n) is 3.69. The zero-order valence-corrected chi connectivity index (χ0v) is 16.3. The smallest absolute Gasteiger partial charge is 0.317 e. The molecular formula is C11H12I3NO3. The van der Waals surface area contributed by atoms with Crippen LogP contribution >= 0.6 is 67.8 Å². The number of ether oxygens (including phenoxy) is 1. The predicted octanol–water partition coefficient (Wildman–Crippen LogP) is 3.08. The number of halogens is 3. The second-order valence-corrected chi connectivity index (χ2v) is 7.97. The first-order valence-corrected chi connectivity index (χ1v) is 8.43. The Hall–Kier alpha value is 0.610. The Morgan fingerprint density at radius 2 is 2.11 bits per heavy atom. The lowest BCUT2D eigenvalue weighted by molar-refractivity contribution is -0.147. The van der Waals surface area contributed by atoms with Crippen LogP contribution in [0.25, 0.3) is 0 Å². The summed E-state index contributed by atoms with van der Waals surface area (Å²) in [6, 6.07) is 0. The normalized spacial score (nSPS) is 27.1. The molecule has 18 heavy (non-hydrogen) atoms. The van der Waals surface area contributed by atoms with Crippen LogP contribution < -0.4 is 5.32 Å². The summed E-state index contributed by atoms with van der Waals surface area (Å²) in [7, 11) is 0. The largest absolute Gasteiger partial charge is 0.465 e. The molecule has 0 aliphatic heterocycles. The highest BCUT2D eigenvalue weighted by molar-refractivity contribution is 14.1. The molecule has 0 radical (unpaired) electrons. The minimum atomic E-state index is -0.766. The van der Waals surface area contributed by atoms with E-state index >= 15 is 0 Å². The van der Waals surface area contributed by atoms with Crippen LogP contribution in [-0.4, -0.2) is 22.0 Å². The quantitative estimate of drug-likeness (QED) is 0.239. The Bertz CT molecular complexity index is 433. The molecule has 0 aromatic heterocycles. The zero-order chi connectivity index (χ0) is 13.9. The highest BCUT2D eigenvalue weighted by Crippen LogP contribution is 2.42. The first-order chi connectivity index (χ1) is 8.30. The van der Waals surface area contributed by atoms with Gasteiger partial charge in [-0.2, -0.15) is 0 Å². The fraction of sp³-hybridized carbons (Fsp3) is 0.455. The van der Waals surface area contributed by atoms with Gasteiger partial charge in [-0.1, -0.05) is 0 Å². The number of amides is 1. The Kier molecular flexibility index (Phi) is 6.35. The molecule has 100 valence electrons. The number of rotatable bonds is 3. The molecule has 0 heterocycles. The van der Waals surface area contributed by atoms with Crippen molar-refractivity contribution in [2.45, 2.75) is 17.4 Å². The molecule has 1 N–H and O–H groups in total. The van der Waals surface area contributed by atoms with Crippen molar-refractivity contribution in [1.82, 2.24) is 5.32 Å². The lowest BCUT2D eigenvalue weighted by Crippen LogP contribution is -2.51. The van der Waals surface area contributed by atoms with Crippen LogP contribution in [0.2, 0.25) is 0 Å². The lowest BCUT2D eigenvalue weighted by atomic mass is 9.95. The van der Waals surface area contributed by atoms with Gasteiger partial charge >= 0.3 is 5.97 Å². The van der Waals surface area contributed by atoms with Crippen molar-refractivity contribution < 1.29 is 14.3 Å². The van der Waals surface area contributed by atoms with Gasteiger partial charge in [0.2, 0.25) is 5.91 Å². The number of allylic oxidation sites excluding steroid dienone is 2. The molecule has 2 atom stereocenters. The summed E-state index contributed by atoms with van der Waals surface area (Å²) >= 11 is 6.38. The lowest BCUT2D eigenvalue weighted by Gasteiger charge is -2.35. The minimum Gasteiger partial charge on any atom is -0.465 e. The number of carbonyl (C=O) groups excluding carboxylic acids is 2. The maximum Gasteiger partial charge on any atom is 0.317 e. The average Bonchev–Trinajstić information content (AvgIpc) is 2.13. The fourth-order valence-electron chi connectivity index (χ4n) is 1.63. The van der Waals surface area contributed by atoms with Gasteiger partial charge < -0.3 is 10.1 Å². The molecule has 2 unspecified atom stereocenters. The maximum atomic E-state index is 12.1. The van der Waals surface area contributed by atoms with E-state index in [9.17, 15) is 9.59 Å².